The quantitative estimate of drug-likeness (QED) is 0.677. The molecule has 94 valence electrons. The summed E-state index contributed by atoms with van der Waals surface area (Å²) >= 11 is 0. The molecule has 0 aliphatic heterocycles. The van der Waals surface area contributed by atoms with Crippen LogP contribution in [0.2, 0.25) is 0 Å². The number of rotatable bonds is 7. The summed E-state index contributed by atoms with van der Waals surface area (Å²) in [6, 6.07) is 0. The van der Waals surface area contributed by atoms with Gasteiger partial charge in [0.15, 0.2) is 0 Å². The Morgan fingerprint density at radius 2 is 1.69 bits per heavy atom. The van der Waals surface area contributed by atoms with Crippen molar-refractivity contribution in [2.45, 2.75) is 53.1 Å². The number of amides is 1. The molecule has 0 aromatic heterocycles. The first kappa shape index (κ1) is 14.9. The van der Waals surface area contributed by atoms with E-state index in [0.717, 1.165) is 6.42 Å². The zero-order chi connectivity index (χ0) is 12.7. The Labute approximate surface area is 97.5 Å². The Bertz CT molecular complexity index is 236. The fraction of sp³-hybridized carbons (Fsp3) is 0.833. The van der Waals surface area contributed by atoms with Gasteiger partial charge < -0.3 is 10.5 Å². The van der Waals surface area contributed by atoms with Crippen LogP contribution in [0.25, 0.3) is 0 Å². The molecule has 16 heavy (non-hydrogen) atoms. The van der Waals surface area contributed by atoms with Crippen LogP contribution in [-0.2, 0) is 14.3 Å². The van der Waals surface area contributed by atoms with Crippen LogP contribution < -0.4 is 5.73 Å². The summed E-state index contributed by atoms with van der Waals surface area (Å²) in [6.45, 7) is 7.73. The van der Waals surface area contributed by atoms with Crippen LogP contribution in [0.5, 0.6) is 0 Å². The van der Waals surface area contributed by atoms with Crippen molar-refractivity contribution in [3.63, 3.8) is 0 Å². The second-order valence-corrected chi connectivity index (χ2v) is 4.91. The second-order valence-electron chi connectivity index (χ2n) is 4.91. The maximum absolute atomic E-state index is 11.5. The summed E-state index contributed by atoms with van der Waals surface area (Å²) in [5.74, 6) is -0.162. The molecule has 4 heteroatoms. The largest absolute Gasteiger partial charge is 0.463 e. The monoisotopic (exact) mass is 229 g/mol. The number of nitrogens with two attached hydrogens (primary N) is 1. The average Bonchev–Trinajstić information content (AvgIpc) is 1.97. The molecule has 0 bridgehead atoms. The zero-order valence-corrected chi connectivity index (χ0v) is 10.7. The minimum atomic E-state index is -0.358. The van der Waals surface area contributed by atoms with Crippen molar-refractivity contribution >= 4 is 11.9 Å². The van der Waals surface area contributed by atoms with E-state index in [1.54, 1.807) is 0 Å². The van der Waals surface area contributed by atoms with Crippen molar-refractivity contribution in [1.82, 2.24) is 0 Å². The summed E-state index contributed by atoms with van der Waals surface area (Å²) in [5, 5.41) is 0. The van der Waals surface area contributed by atoms with E-state index in [2.05, 4.69) is 13.8 Å². The molecule has 0 aliphatic rings. The Morgan fingerprint density at radius 1 is 1.12 bits per heavy atom. The van der Waals surface area contributed by atoms with E-state index >= 15 is 0 Å². The van der Waals surface area contributed by atoms with Crippen LogP contribution in [0.15, 0.2) is 0 Å². The summed E-state index contributed by atoms with van der Waals surface area (Å²) in [6.07, 6.45) is 1.24. The van der Waals surface area contributed by atoms with Gasteiger partial charge in [0.05, 0.1) is 6.10 Å². The van der Waals surface area contributed by atoms with Gasteiger partial charge in [-0.05, 0) is 32.1 Å². The molecule has 0 unspecified atom stereocenters. The summed E-state index contributed by atoms with van der Waals surface area (Å²) in [5.41, 5.74) is 5.15. The predicted octanol–water partition coefficient (Wildman–Crippen LogP) is 1.87. The molecule has 0 spiro atoms. The summed E-state index contributed by atoms with van der Waals surface area (Å²) in [4.78, 5) is 22.3. The predicted molar refractivity (Wildman–Crippen MR) is 62.6 cm³/mol. The Morgan fingerprint density at radius 3 is 2.06 bits per heavy atom. The van der Waals surface area contributed by atoms with Crippen LogP contribution in [0.1, 0.15) is 47.0 Å². The van der Waals surface area contributed by atoms with E-state index in [9.17, 15) is 9.59 Å². The second kappa shape index (κ2) is 7.25. The molecular formula is C12H23NO3. The summed E-state index contributed by atoms with van der Waals surface area (Å²) < 4.78 is 5.05. The first-order valence-corrected chi connectivity index (χ1v) is 5.79. The lowest BCUT2D eigenvalue weighted by molar-refractivity contribution is -0.148. The highest BCUT2D eigenvalue weighted by Crippen LogP contribution is 2.19. The lowest BCUT2D eigenvalue weighted by Gasteiger charge is -2.17. The number of carbonyl (C=O) groups excluding carboxylic acids is 2. The Balaban J connectivity index is 4.19. The van der Waals surface area contributed by atoms with Gasteiger partial charge in [-0.15, -0.1) is 0 Å². The fourth-order valence-electron chi connectivity index (χ4n) is 1.74. The van der Waals surface area contributed by atoms with Crippen LogP contribution in [0, 0.1) is 11.8 Å². The minimum Gasteiger partial charge on any atom is -0.463 e. The molecule has 0 radical (unpaired) electrons. The molecule has 2 N–H and O–H groups in total. The number of hydrogen-bond donors (Lipinski definition) is 1. The molecule has 0 heterocycles. The third-order valence-corrected chi connectivity index (χ3v) is 2.12. The Kier molecular flexibility index (Phi) is 6.77. The van der Waals surface area contributed by atoms with Gasteiger partial charge in [0, 0.05) is 12.8 Å². The van der Waals surface area contributed by atoms with Gasteiger partial charge in [0.2, 0.25) is 5.91 Å². The van der Waals surface area contributed by atoms with Crippen molar-refractivity contribution < 1.29 is 14.3 Å². The molecule has 4 nitrogen and oxygen atoms in total. The molecule has 1 amide bonds. The third-order valence-electron chi connectivity index (χ3n) is 2.12. The lowest BCUT2D eigenvalue weighted by Crippen LogP contribution is -2.22. The number of esters is 1. The first-order valence-electron chi connectivity index (χ1n) is 5.79. The van der Waals surface area contributed by atoms with Gasteiger partial charge in [0.25, 0.3) is 0 Å². The van der Waals surface area contributed by atoms with Crippen LogP contribution in [0.4, 0.5) is 0 Å². The standard InChI is InChI=1S/C12H23NO3/c1-8(2)5-10(6-11(13)14)7-12(15)16-9(3)4/h8-10H,5-7H2,1-4H3,(H2,13,14)/t10-/m0/s1. The Hall–Kier alpha value is -1.06. The SMILES string of the molecule is CC(C)C[C@@H](CC(N)=O)CC(=O)OC(C)C. The number of ether oxygens (including phenoxy) is 1. The van der Waals surface area contributed by atoms with E-state index in [1.165, 1.54) is 0 Å². The zero-order valence-electron chi connectivity index (χ0n) is 10.7. The van der Waals surface area contributed by atoms with Gasteiger partial charge in [-0.25, -0.2) is 0 Å². The molecule has 0 aromatic rings. The molecule has 1 atom stereocenters. The van der Waals surface area contributed by atoms with Gasteiger partial charge >= 0.3 is 5.97 Å². The van der Waals surface area contributed by atoms with Crippen LogP contribution in [-0.4, -0.2) is 18.0 Å². The first-order chi connectivity index (χ1) is 7.31. The van der Waals surface area contributed by atoms with Gasteiger partial charge in [-0.1, -0.05) is 13.8 Å². The van der Waals surface area contributed by atoms with Crippen molar-refractivity contribution in [2.75, 3.05) is 0 Å². The summed E-state index contributed by atoms with van der Waals surface area (Å²) in [7, 11) is 0. The highest BCUT2D eigenvalue weighted by molar-refractivity contribution is 5.75. The third kappa shape index (κ3) is 8.26. The van der Waals surface area contributed by atoms with Crippen LogP contribution >= 0.6 is 0 Å². The van der Waals surface area contributed by atoms with E-state index in [0.29, 0.717) is 5.92 Å². The number of carbonyl (C=O) groups is 2. The van der Waals surface area contributed by atoms with Crippen molar-refractivity contribution in [1.29, 1.82) is 0 Å². The van der Waals surface area contributed by atoms with Gasteiger partial charge in [-0.2, -0.15) is 0 Å². The minimum absolute atomic E-state index is 0.00347. The van der Waals surface area contributed by atoms with Crippen molar-refractivity contribution in [3.05, 3.63) is 0 Å². The fourth-order valence-corrected chi connectivity index (χ4v) is 1.74. The normalized spacial score (nSPS) is 12.9. The molecule has 0 rings (SSSR count). The molecule has 0 aromatic carbocycles. The van der Waals surface area contributed by atoms with E-state index < -0.39 is 0 Å². The maximum atomic E-state index is 11.5. The lowest BCUT2D eigenvalue weighted by atomic mass is 9.91. The maximum Gasteiger partial charge on any atom is 0.306 e. The van der Waals surface area contributed by atoms with E-state index in [-0.39, 0.29) is 36.7 Å². The van der Waals surface area contributed by atoms with Crippen LogP contribution in [0.3, 0.4) is 0 Å². The van der Waals surface area contributed by atoms with E-state index in [1.807, 2.05) is 13.8 Å². The van der Waals surface area contributed by atoms with Gasteiger partial charge in [-0.3, -0.25) is 9.59 Å². The average molecular weight is 229 g/mol. The molecular weight excluding hydrogens is 206 g/mol. The molecule has 0 saturated heterocycles. The van der Waals surface area contributed by atoms with Gasteiger partial charge in [0.1, 0.15) is 0 Å². The van der Waals surface area contributed by atoms with E-state index in [4.69, 9.17) is 10.5 Å². The number of hydrogen-bond acceptors (Lipinski definition) is 3. The molecule has 0 fully saturated rings. The number of primary amides is 1. The topological polar surface area (TPSA) is 69.4 Å². The van der Waals surface area contributed by atoms with Crippen molar-refractivity contribution in [2.24, 2.45) is 17.6 Å². The highest BCUT2D eigenvalue weighted by Gasteiger charge is 2.19. The molecule has 0 aliphatic carbocycles. The van der Waals surface area contributed by atoms with Crippen molar-refractivity contribution in [3.8, 4) is 0 Å². The smallest absolute Gasteiger partial charge is 0.306 e. The highest BCUT2D eigenvalue weighted by atomic mass is 16.5. The molecule has 0 saturated carbocycles.